The number of carbonyl (C=O) groups excluding carboxylic acids is 1. The van der Waals surface area contributed by atoms with Gasteiger partial charge in [0, 0.05) is 13.1 Å². The van der Waals surface area contributed by atoms with Crippen LogP contribution in [0, 0.1) is 6.92 Å². The van der Waals surface area contributed by atoms with Gasteiger partial charge in [-0.15, -0.1) is 0 Å². The Kier molecular flexibility index (Phi) is 6.12. The van der Waals surface area contributed by atoms with Gasteiger partial charge in [0.2, 0.25) is 15.9 Å². The lowest BCUT2D eigenvalue weighted by atomic mass is 10.2. The maximum Gasteiger partial charge on any atom is 0.241 e. The maximum absolute atomic E-state index is 12.0. The van der Waals surface area contributed by atoms with Gasteiger partial charge in [-0.25, -0.2) is 13.1 Å². The SMILES string of the molecule is Cc1ccccc1S(=O)(=O)NCC(=O)NCCN(C)C. The molecule has 6 nitrogen and oxygen atoms in total. The van der Waals surface area contributed by atoms with Crippen LogP contribution in [0.15, 0.2) is 29.2 Å². The van der Waals surface area contributed by atoms with Crippen LogP contribution in [0.4, 0.5) is 0 Å². The van der Waals surface area contributed by atoms with Gasteiger partial charge in [-0.3, -0.25) is 4.79 Å². The smallest absolute Gasteiger partial charge is 0.241 e. The van der Waals surface area contributed by atoms with Crippen molar-refractivity contribution in [3.63, 3.8) is 0 Å². The second-order valence-electron chi connectivity index (χ2n) is 4.74. The number of nitrogens with zero attached hydrogens (tertiary/aromatic N) is 1. The Hall–Kier alpha value is -1.44. The third-order valence-electron chi connectivity index (χ3n) is 2.69. The van der Waals surface area contributed by atoms with Gasteiger partial charge < -0.3 is 10.2 Å². The van der Waals surface area contributed by atoms with Crippen molar-refractivity contribution in [3.05, 3.63) is 29.8 Å². The fourth-order valence-corrected chi connectivity index (χ4v) is 2.80. The monoisotopic (exact) mass is 299 g/mol. The molecule has 1 rings (SSSR count). The van der Waals surface area contributed by atoms with E-state index in [1.54, 1.807) is 25.1 Å². The van der Waals surface area contributed by atoms with E-state index in [4.69, 9.17) is 0 Å². The standard InChI is InChI=1S/C13H21N3O3S/c1-11-6-4-5-7-12(11)20(18,19)15-10-13(17)14-8-9-16(2)3/h4-7,15H,8-10H2,1-3H3,(H,14,17). The highest BCUT2D eigenvalue weighted by molar-refractivity contribution is 7.89. The first-order valence-electron chi connectivity index (χ1n) is 6.29. The van der Waals surface area contributed by atoms with E-state index in [1.165, 1.54) is 6.07 Å². The minimum atomic E-state index is -3.65. The summed E-state index contributed by atoms with van der Waals surface area (Å²) in [5, 5.41) is 2.65. The summed E-state index contributed by atoms with van der Waals surface area (Å²) in [4.78, 5) is 13.7. The molecule has 20 heavy (non-hydrogen) atoms. The molecule has 0 radical (unpaired) electrons. The van der Waals surface area contributed by atoms with Gasteiger partial charge in [-0.2, -0.15) is 0 Å². The fourth-order valence-electron chi connectivity index (χ4n) is 1.58. The highest BCUT2D eigenvalue weighted by Gasteiger charge is 2.17. The summed E-state index contributed by atoms with van der Waals surface area (Å²) < 4.78 is 26.4. The number of carbonyl (C=O) groups is 1. The normalized spacial score (nSPS) is 11.6. The van der Waals surface area contributed by atoms with Gasteiger partial charge in [0.1, 0.15) is 0 Å². The highest BCUT2D eigenvalue weighted by atomic mass is 32.2. The summed E-state index contributed by atoms with van der Waals surface area (Å²) in [6.45, 7) is 2.64. The van der Waals surface area contributed by atoms with Crippen molar-refractivity contribution in [3.8, 4) is 0 Å². The Bertz CT molecular complexity index is 556. The van der Waals surface area contributed by atoms with E-state index in [1.807, 2.05) is 19.0 Å². The molecule has 7 heteroatoms. The highest BCUT2D eigenvalue weighted by Crippen LogP contribution is 2.13. The quantitative estimate of drug-likeness (QED) is 0.740. The van der Waals surface area contributed by atoms with Gasteiger partial charge in [0.25, 0.3) is 0 Å². The van der Waals surface area contributed by atoms with E-state index in [2.05, 4.69) is 10.0 Å². The summed E-state index contributed by atoms with van der Waals surface area (Å²) in [5.41, 5.74) is 0.646. The number of hydrogen-bond acceptors (Lipinski definition) is 4. The lowest BCUT2D eigenvalue weighted by Gasteiger charge is -2.11. The number of hydrogen-bond donors (Lipinski definition) is 2. The van der Waals surface area contributed by atoms with Crippen molar-refractivity contribution < 1.29 is 13.2 Å². The predicted octanol–water partition coefficient (Wildman–Crippen LogP) is -0.0489. The van der Waals surface area contributed by atoms with E-state index in [-0.39, 0.29) is 17.3 Å². The summed E-state index contributed by atoms with van der Waals surface area (Å²) in [5.74, 6) is -0.344. The first-order chi connectivity index (χ1) is 9.33. The average molecular weight is 299 g/mol. The van der Waals surface area contributed by atoms with Crippen LogP contribution in [0.1, 0.15) is 5.56 Å². The topological polar surface area (TPSA) is 78.5 Å². The number of nitrogens with one attached hydrogen (secondary N) is 2. The molecule has 0 aliphatic carbocycles. The summed E-state index contributed by atoms with van der Waals surface area (Å²) in [6, 6.07) is 6.65. The molecule has 112 valence electrons. The molecule has 2 N–H and O–H groups in total. The zero-order valence-electron chi connectivity index (χ0n) is 12.0. The zero-order chi connectivity index (χ0) is 15.2. The van der Waals surface area contributed by atoms with Gasteiger partial charge in [-0.05, 0) is 32.6 Å². The van der Waals surface area contributed by atoms with E-state index in [9.17, 15) is 13.2 Å². The molecule has 0 heterocycles. The Labute approximate surface area is 120 Å². The number of amides is 1. The first kappa shape index (κ1) is 16.6. The second kappa shape index (κ2) is 7.37. The summed E-state index contributed by atoms with van der Waals surface area (Å²) in [7, 11) is 0.143. The third-order valence-corrected chi connectivity index (χ3v) is 4.25. The van der Waals surface area contributed by atoms with Crippen molar-refractivity contribution >= 4 is 15.9 Å². The first-order valence-corrected chi connectivity index (χ1v) is 7.78. The molecule has 0 fully saturated rings. The average Bonchev–Trinajstić information content (AvgIpc) is 2.36. The molecular weight excluding hydrogens is 278 g/mol. The van der Waals surface area contributed by atoms with Crippen molar-refractivity contribution in [1.29, 1.82) is 0 Å². The third kappa shape index (κ3) is 5.28. The second-order valence-corrected chi connectivity index (χ2v) is 6.48. The number of benzene rings is 1. The maximum atomic E-state index is 12.0. The number of sulfonamides is 1. The zero-order valence-corrected chi connectivity index (χ0v) is 12.8. The van der Waals surface area contributed by atoms with Gasteiger partial charge in [0.15, 0.2) is 0 Å². The fraction of sp³-hybridized carbons (Fsp3) is 0.462. The van der Waals surface area contributed by atoms with Crippen LogP contribution < -0.4 is 10.0 Å². The van der Waals surface area contributed by atoms with E-state index in [0.717, 1.165) is 0 Å². The molecular formula is C13H21N3O3S. The molecule has 1 aromatic carbocycles. The van der Waals surface area contributed by atoms with E-state index < -0.39 is 10.0 Å². The number of likely N-dealkylation sites (N-methyl/N-ethyl adjacent to an activating group) is 1. The molecule has 1 amide bonds. The van der Waals surface area contributed by atoms with Crippen molar-refractivity contribution in [2.45, 2.75) is 11.8 Å². The predicted molar refractivity (Wildman–Crippen MR) is 77.9 cm³/mol. The number of rotatable bonds is 7. The van der Waals surface area contributed by atoms with Gasteiger partial charge in [0.05, 0.1) is 11.4 Å². The number of aryl methyl sites for hydroxylation is 1. The molecule has 0 saturated carbocycles. The Morgan fingerprint density at radius 2 is 1.90 bits per heavy atom. The molecule has 0 spiro atoms. The molecule has 0 aromatic heterocycles. The van der Waals surface area contributed by atoms with Gasteiger partial charge >= 0.3 is 0 Å². The van der Waals surface area contributed by atoms with Gasteiger partial charge in [-0.1, -0.05) is 18.2 Å². The van der Waals surface area contributed by atoms with Crippen LogP contribution in [0.25, 0.3) is 0 Å². The summed E-state index contributed by atoms with van der Waals surface area (Å²) >= 11 is 0. The van der Waals surface area contributed by atoms with Crippen LogP contribution in [0.2, 0.25) is 0 Å². The minimum absolute atomic E-state index is 0.195. The molecule has 0 unspecified atom stereocenters. The minimum Gasteiger partial charge on any atom is -0.354 e. The molecule has 0 atom stereocenters. The van der Waals surface area contributed by atoms with Crippen LogP contribution in [0.5, 0.6) is 0 Å². The molecule has 0 bridgehead atoms. The Balaban J connectivity index is 2.52. The molecule has 0 saturated heterocycles. The van der Waals surface area contributed by atoms with Crippen molar-refractivity contribution in [2.24, 2.45) is 0 Å². The van der Waals surface area contributed by atoms with Crippen LogP contribution in [-0.4, -0.2) is 53.0 Å². The lowest BCUT2D eigenvalue weighted by Crippen LogP contribution is -2.39. The van der Waals surface area contributed by atoms with Crippen molar-refractivity contribution in [1.82, 2.24) is 14.9 Å². The Morgan fingerprint density at radius 1 is 1.25 bits per heavy atom. The van der Waals surface area contributed by atoms with E-state index >= 15 is 0 Å². The molecule has 0 aliphatic heterocycles. The van der Waals surface area contributed by atoms with Crippen molar-refractivity contribution in [2.75, 3.05) is 33.7 Å². The molecule has 0 aliphatic rings. The lowest BCUT2D eigenvalue weighted by molar-refractivity contribution is -0.119. The molecule has 1 aromatic rings. The largest absolute Gasteiger partial charge is 0.354 e. The van der Waals surface area contributed by atoms with E-state index in [0.29, 0.717) is 18.7 Å². The van der Waals surface area contributed by atoms with Crippen LogP contribution in [0.3, 0.4) is 0 Å². The Morgan fingerprint density at radius 3 is 2.50 bits per heavy atom. The van der Waals surface area contributed by atoms with Crippen LogP contribution >= 0.6 is 0 Å². The summed E-state index contributed by atoms with van der Waals surface area (Å²) in [6.07, 6.45) is 0. The van der Waals surface area contributed by atoms with Crippen LogP contribution in [-0.2, 0) is 14.8 Å².